The summed E-state index contributed by atoms with van der Waals surface area (Å²) < 4.78 is 6.03. The highest BCUT2D eigenvalue weighted by Gasteiger charge is 2.35. The van der Waals surface area contributed by atoms with Crippen LogP contribution in [0.25, 0.3) is 0 Å². The van der Waals surface area contributed by atoms with Gasteiger partial charge in [-0.05, 0) is 38.7 Å². The summed E-state index contributed by atoms with van der Waals surface area (Å²) in [6.45, 7) is 5.35. The Labute approximate surface area is 81.2 Å². The molecule has 2 aliphatic rings. The van der Waals surface area contributed by atoms with Gasteiger partial charge in [0.05, 0.1) is 12.2 Å². The zero-order valence-electron chi connectivity index (χ0n) is 8.86. The lowest BCUT2D eigenvalue weighted by atomic mass is 9.78. The minimum absolute atomic E-state index is 0.252. The quantitative estimate of drug-likeness (QED) is 0.519. The maximum Gasteiger partial charge on any atom is 0.0723 e. The molecular weight excluding hydrogens is 160 g/mol. The van der Waals surface area contributed by atoms with Crippen LogP contribution in [0.15, 0.2) is 11.1 Å². The highest BCUT2D eigenvalue weighted by atomic mass is 16.5. The second-order valence-corrected chi connectivity index (χ2v) is 4.77. The molecule has 13 heavy (non-hydrogen) atoms. The molecule has 1 spiro atoms. The normalized spacial score (nSPS) is 28.2. The van der Waals surface area contributed by atoms with Gasteiger partial charge in [-0.15, -0.1) is 0 Å². The number of rotatable bonds is 0. The van der Waals surface area contributed by atoms with Gasteiger partial charge < -0.3 is 4.74 Å². The third kappa shape index (κ3) is 1.80. The largest absolute Gasteiger partial charge is 0.370 e. The first-order chi connectivity index (χ1) is 6.22. The van der Waals surface area contributed by atoms with E-state index in [1.807, 2.05) is 0 Å². The Kier molecular flexibility index (Phi) is 2.46. The van der Waals surface area contributed by atoms with E-state index in [2.05, 4.69) is 13.8 Å². The maximum atomic E-state index is 6.03. The molecule has 0 radical (unpaired) electrons. The van der Waals surface area contributed by atoms with E-state index >= 15 is 0 Å². The van der Waals surface area contributed by atoms with Gasteiger partial charge in [0.15, 0.2) is 0 Å². The molecule has 74 valence electrons. The minimum atomic E-state index is 0.252. The van der Waals surface area contributed by atoms with Gasteiger partial charge in [0.25, 0.3) is 0 Å². The van der Waals surface area contributed by atoms with Crippen molar-refractivity contribution in [3.8, 4) is 0 Å². The highest BCUT2D eigenvalue weighted by molar-refractivity contribution is 5.17. The molecule has 1 saturated carbocycles. The van der Waals surface area contributed by atoms with Crippen LogP contribution in [0.5, 0.6) is 0 Å². The molecule has 0 unspecified atom stereocenters. The third-order valence-electron chi connectivity index (χ3n) is 3.68. The van der Waals surface area contributed by atoms with Crippen LogP contribution in [0, 0.1) is 0 Å². The smallest absolute Gasteiger partial charge is 0.0723 e. The molecule has 0 amide bonds. The SMILES string of the molecule is CC1=C(C)CC2(CCCCC2)OC1. The average molecular weight is 180 g/mol. The van der Waals surface area contributed by atoms with E-state index in [9.17, 15) is 0 Å². The van der Waals surface area contributed by atoms with Gasteiger partial charge in [-0.25, -0.2) is 0 Å². The Balaban J connectivity index is 2.09. The Morgan fingerprint density at radius 2 is 1.69 bits per heavy atom. The van der Waals surface area contributed by atoms with E-state index in [1.165, 1.54) is 44.1 Å². The van der Waals surface area contributed by atoms with Crippen LogP contribution in [0.3, 0.4) is 0 Å². The predicted molar refractivity (Wildman–Crippen MR) is 54.8 cm³/mol. The Morgan fingerprint density at radius 1 is 1.00 bits per heavy atom. The summed E-state index contributed by atoms with van der Waals surface area (Å²) in [5.74, 6) is 0. The van der Waals surface area contributed by atoms with Gasteiger partial charge in [-0.1, -0.05) is 24.8 Å². The molecule has 2 rings (SSSR count). The van der Waals surface area contributed by atoms with Crippen molar-refractivity contribution in [2.45, 2.75) is 58.0 Å². The number of ether oxygens (including phenoxy) is 1. The summed E-state index contributed by atoms with van der Waals surface area (Å²) in [5.41, 5.74) is 3.28. The van der Waals surface area contributed by atoms with Crippen LogP contribution in [0.4, 0.5) is 0 Å². The number of hydrogen-bond acceptors (Lipinski definition) is 1. The van der Waals surface area contributed by atoms with Crippen LogP contribution in [-0.4, -0.2) is 12.2 Å². The standard InChI is InChI=1S/C12H20O/c1-10-8-12(13-9-11(10)2)6-4-3-5-7-12/h3-9H2,1-2H3. The van der Waals surface area contributed by atoms with Crippen molar-refractivity contribution in [2.24, 2.45) is 0 Å². The molecule has 0 aromatic carbocycles. The second-order valence-electron chi connectivity index (χ2n) is 4.77. The summed E-state index contributed by atoms with van der Waals surface area (Å²) in [6.07, 6.45) is 7.92. The second kappa shape index (κ2) is 3.45. The molecule has 1 aliphatic heterocycles. The molecule has 1 aliphatic carbocycles. The highest BCUT2D eigenvalue weighted by Crippen LogP contribution is 2.40. The molecular formula is C12H20O. The monoisotopic (exact) mass is 180 g/mol. The van der Waals surface area contributed by atoms with E-state index in [-0.39, 0.29) is 5.60 Å². The Morgan fingerprint density at radius 3 is 2.31 bits per heavy atom. The predicted octanol–water partition coefficient (Wildman–Crippen LogP) is 3.45. The third-order valence-corrected chi connectivity index (χ3v) is 3.68. The van der Waals surface area contributed by atoms with Crippen LogP contribution < -0.4 is 0 Å². The van der Waals surface area contributed by atoms with Crippen molar-refractivity contribution < 1.29 is 4.74 Å². The van der Waals surface area contributed by atoms with Crippen LogP contribution in [0.1, 0.15) is 52.4 Å². The Bertz CT molecular complexity index is 221. The minimum Gasteiger partial charge on any atom is -0.370 e. The fourth-order valence-corrected chi connectivity index (χ4v) is 2.59. The van der Waals surface area contributed by atoms with Gasteiger partial charge in [0, 0.05) is 0 Å². The van der Waals surface area contributed by atoms with Crippen molar-refractivity contribution in [2.75, 3.05) is 6.61 Å². The molecule has 0 aromatic rings. The summed E-state index contributed by atoms with van der Waals surface area (Å²) in [6, 6.07) is 0. The maximum absolute atomic E-state index is 6.03. The van der Waals surface area contributed by atoms with E-state index in [1.54, 1.807) is 5.57 Å². The zero-order chi connectivity index (χ0) is 9.31. The topological polar surface area (TPSA) is 9.23 Å². The molecule has 1 fully saturated rings. The summed E-state index contributed by atoms with van der Waals surface area (Å²) >= 11 is 0. The lowest BCUT2D eigenvalue weighted by molar-refractivity contribution is -0.0685. The van der Waals surface area contributed by atoms with E-state index in [4.69, 9.17) is 4.74 Å². The molecule has 0 saturated heterocycles. The van der Waals surface area contributed by atoms with Crippen molar-refractivity contribution >= 4 is 0 Å². The lowest BCUT2D eigenvalue weighted by Crippen LogP contribution is -2.38. The van der Waals surface area contributed by atoms with E-state index in [0.717, 1.165) is 6.61 Å². The van der Waals surface area contributed by atoms with Gasteiger partial charge in [-0.2, -0.15) is 0 Å². The molecule has 0 N–H and O–H groups in total. The van der Waals surface area contributed by atoms with Gasteiger partial charge in [0.2, 0.25) is 0 Å². The fourth-order valence-electron chi connectivity index (χ4n) is 2.59. The summed E-state index contributed by atoms with van der Waals surface area (Å²) in [5, 5.41) is 0. The first-order valence-corrected chi connectivity index (χ1v) is 5.51. The summed E-state index contributed by atoms with van der Waals surface area (Å²) in [4.78, 5) is 0. The number of hydrogen-bond donors (Lipinski definition) is 0. The van der Waals surface area contributed by atoms with Crippen LogP contribution >= 0.6 is 0 Å². The van der Waals surface area contributed by atoms with Crippen molar-refractivity contribution in [1.29, 1.82) is 0 Å². The average Bonchev–Trinajstić information content (AvgIpc) is 2.14. The molecule has 0 bridgehead atoms. The van der Waals surface area contributed by atoms with Crippen LogP contribution in [-0.2, 0) is 4.74 Å². The zero-order valence-corrected chi connectivity index (χ0v) is 8.86. The van der Waals surface area contributed by atoms with Crippen molar-refractivity contribution in [3.63, 3.8) is 0 Å². The van der Waals surface area contributed by atoms with Gasteiger partial charge in [-0.3, -0.25) is 0 Å². The molecule has 1 heterocycles. The van der Waals surface area contributed by atoms with Gasteiger partial charge >= 0.3 is 0 Å². The molecule has 1 heteroatoms. The van der Waals surface area contributed by atoms with E-state index in [0.29, 0.717) is 0 Å². The first-order valence-electron chi connectivity index (χ1n) is 5.51. The molecule has 1 nitrogen and oxygen atoms in total. The van der Waals surface area contributed by atoms with Crippen molar-refractivity contribution in [3.05, 3.63) is 11.1 Å². The van der Waals surface area contributed by atoms with Gasteiger partial charge in [0.1, 0.15) is 0 Å². The van der Waals surface area contributed by atoms with Crippen molar-refractivity contribution in [1.82, 2.24) is 0 Å². The first kappa shape index (κ1) is 9.26. The van der Waals surface area contributed by atoms with Crippen LogP contribution in [0.2, 0.25) is 0 Å². The fraction of sp³-hybridized carbons (Fsp3) is 0.833. The molecule has 0 aromatic heterocycles. The lowest BCUT2D eigenvalue weighted by Gasteiger charge is -2.41. The Hall–Kier alpha value is -0.300. The molecule has 0 atom stereocenters. The summed E-state index contributed by atoms with van der Waals surface area (Å²) in [7, 11) is 0. The van der Waals surface area contributed by atoms with E-state index < -0.39 is 0 Å².